The Kier molecular flexibility index (Phi) is 3.78. The second-order valence-corrected chi connectivity index (χ2v) is 5.91. The lowest BCUT2D eigenvalue weighted by Crippen LogP contribution is -2.32. The minimum absolute atomic E-state index is 0.475. The van der Waals surface area contributed by atoms with E-state index >= 15 is 0 Å². The number of hydrogen-bond donors (Lipinski definition) is 1. The smallest absolute Gasteiger partial charge is 0.246 e. The van der Waals surface area contributed by atoms with E-state index in [1.807, 2.05) is 39.8 Å². The van der Waals surface area contributed by atoms with E-state index in [4.69, 9.17) is 10.3 Å². The third-order valence-corrected chi connectivity index (χ3v) is 4.59. The molecule has 2 rings (SSSR count). The number of nitrogens with two attached hydrogens (primary N) is 1. The van der Waals surface area contributed by atoms with Gasteiger partial charge < -0.3 is 10.3 Å². The number of hydrogen-bond acceptors (Lipinski definition) is 4. The second kappa shape index (κ2) is 5.06. The minimum atomic E-state index is -0.579. The first-order chi connectivity index (χ1) is 8.85. The Morgan fingerprint density at radius 1 is 1.32 bits per heavy atom. The molecular formula is C14H18BrN3O. The predicted octanol–water partition coefficient (Wildman–Crippen LogP) is 3.70. The van der Waals surface area contributed by atoms with Crippen molar-refractivity contribution >= 4 is 15.9 Å². The summed E-state index contributed by atoms with van der Waals surface area (Å²) < 4.78 is 6.40. The fourth-order valence-corrected chi connectivity index (χ4v) is 2.03. The zero-order valence-electron chi connectivity index (χ0n) is 11.6. The van der Waals surface area contributed by atoms with E-state index in [2.05, 4.69) is 26.1 Å². The van der Waals surface area contributed by atoms with Crippen LogP contribution in [0.3, 0.4) is 0 Å². The predicted molar refractivity (Wildman–Crippen MR) is 78.7 cm³/mol. The first kappa shape index (κ1) is 14.2. The third-order valence-electron chi connectivity index (χ3n) is 3.34. The fourth-order valence-electron chi connectivity index (χ4n) is 1.80. The van der Waals surface area contributed by atoms with Crippen molar-refractivity contribution in [3.63, 3.8) is 0 Å². The van der Waals surface area contributed by atoms with Crippen LogP contribution in [0.15, 0.2) is 21.1 Å². The van der Waals surface area contributed by atoms with Gasteiger partial charge in [0, 0.05) is 10.0 Å². The number of aromatic nitrogens is 2. The summed E-state index contributed by atoms with van der Waals surface area (Å²) in [5, 5.41) is 4.03. The summed E-state index contributed by atoms with van der Waals surface area (Å²) in [6.07, 6.45) is 0.743. The van der Waals surface area contributed by atoms with Crippen LogP contribution in [-0.2, 0) is 5.54 Å². The van der Waals surface area contributed by atoms with Crippen LogP contribution in [0.4, 0.5) is 0 Å². The van der Waals surface area contributed by atoms with E-state index in [1.165, 1.54) is 0 Å². The van der Waals surface area contributed by atoms with Gasteiger partial charge in [0.15, 0.2) is 0 Å². The maximum absolute atomic E-state index is 6.11. The molecule has 102 valence electrons. The molecule has 5 heteroatoms. The van der Waals surface area contributed by atoms with Gasteiger partial charge in [0.25, 0.3) is 0 Å². The van der Waals surface area contributed by atoms with E-state index in [-0.39, 0.29) is 0 Å². The monoisotopic (exact) mass is 323 g/mol. The largest absolute Gasteiger partial charge is 0.337 e. The third kappa shape index (κ3) is 2.72. The quantitative estimate of drug-likeness (QED) is 0.935. The van der Waals surface area contributed by atoms with Crippen molar-refractivity contribution in [3.05, 3.63) is 33.6 Å². The van der Waals surface area contributed by atoms with Gasteiger partial charge in [-0.15, -0.1) is 0 Å². The zero-order chi connectivity index (χ0) is 14.2. The van der Waals surface area contributed by atoms with Crippen molar-refractivity contribution < 1.29 is 4.52 Å². The van der Waals surface area contributed by atoms with Crippen LogP contribution in [0.1, 0.15) is 37.3 Å². The lowest BCUT2D eigenvalue weighted by atomic mass is 10.0. The average molecular weight is 324 g/mol. The SMILES string of the molecule is CCC(C)(N)c1nc(-c2cc(C)c(Br)c(C)c2)no1. The summed E-state index contributed by atoms with van der Waals surface area (Å²) in [6.45, 7) is 7.97. The Labute approximate surface area is 121 Å². The van der Waals surface area contributed by atoms with Crippen molar-refractivity contribution in [1.29, 1.82) is 0 Å². The van der Waals surface area contributed by atoms with Gasteiger partial charge in [-0.05, 0) is 50.5 Å². The Balaban J connectivity index is 2.44. The summed E-state index contributed by atoms with van der Waals surface area (Å²) in [4.78, 5) is 4.42. The normalized spacial score (nSPS) is 14.4. The maximum Gasteiger partial charge on any atom is 0.246 e. The molecule has 1 aromatic carbocycles. The number of aryl methyl sites for hydroxylation is 2. The fraction of sp³-hybridized carbons (Fsp3) is 0.429. The standard InChI is InChI=1S/C14H18BrN3O/c1-5-14(4,16)13-17-12(18-19-13)10-6-8(2)11(15)9(3)7-10/h6-7H,5,16H2,1-4H3. The number of halogens is 1. The molecule has 1 atom stereocenters. The van der Waals surface area contributed by atoms with Gasteiger partial charge in [-0.25, -0.2) is 0 Å². The highest BCUT2D eigenvalue weighted by Gasteiger charge is 2.26. The Bertz CT molecular complexity index is 581. The van der Waals surface area contributed by atoms with Gasteiger partial charge in [-0.1, -0.05) is 28.0 Å². The van der Waals surface area contributed by atoms with Crippen LogP contribution in [0.25, 0.3) is 11.4 Å². The molecule has 2 aromatic rings. The molecule has 0 spiro atoms. The van der Waals surface area contributed by atoms with Crippen molar-refractivity contribution in [1.82, 2.24) is 10.1 Å². The van der Waals surface area contributed by atoms with Crippen LogP contribution < -0.4 is 5.73 Å². The molecule has 1 aromatic heterocycles. The van der Waals surface area contributed by atoms with Crippen LogP contribution in [0.2, 0.25) is 0 Å². The van der Waals surface area contributed by atoms with Gasteiger partial charge in [0.05, 0.1) is 5.54 Å². The Morgan fingerprint density at radius 3 is 2.42 bits per heavy atom. The lowest BCUT2D eigenvalue weighted by molar-refractivity contribution is 0.291. The average Bonchev–Trinajstić information content (AvgIpc) is 2.85. The van der Waals surface area contributed by atoms with Crippen LogP contribution in [-0.4, -0.2) is 10.1 Å². The minimum Gasteiger partial charge on any atom is -0.337 e. The molecule has 0 saturated carbocycles. The molecule has 0 saturated heterocycles. The van der Waals surface area contributed by atoms with E-state index in [1.54, 1.807) is 0 Å². The van der Waals surface area contributed by atoms with E-state index in [0.29, 0.717) is 11.7 Å². The molecule has 4 nitrogen and oxygen atoms in total. The molecule has 0 radical (unpaired) electrons. The number of nitrogens with zero attached hydrogens (tertiary/aromatic N) is 2. The van der Waals surface area contributed by atoms with Crippen LogP contribution in [0.5, 0.6) is 0 Å². The summed E-state index contributed by atoms with van der Waals surface area (Å²) in [5.74, 6) is 1.06. The van der Waals surface area contributed by atoms with Gasteiger partial charge in [-0.3, -0.25) is 0 Å². The van der Waals surface area contributed by atoms with Gasteiger partial charge in [-0.2, -0.15) is 4.98 Å². The first-order valence-corrected chi connectivity index (χ1v) is 7.04. The van der Waals surface area contributed by atoms with Crippen LogP contribution in [0, 0.1) is 13.8 Å². The van der Waals surface area contributed by atoms with Crippen molar-refractivity contribution in [2.24, 2.45) is 5.73 Å². The van der Waals surface area contributed by atoms with E-state index < -0.39 is 5.54 Å². The molecular weight excluding hydrogens is 306 g/mol. The maximum atomic E-state index is 6.11. The van der Waals surface area contributed by atoms with E-state index in [9.17, 15) is 0 Å². The molecule has 1 unspecified atom stereocenters. The summed E-state index contributed by atoms with van der Waals surface area (Å²) in [5.41, 5.74) is 8.77. The lowest BCUT2D eigenvalue weighted by Gasteiger charge is -2.16. The summed E-state index contributed by atoms with van der Waals surface area (Å²) >= 11 is 3.55. The highest BCUT2D eigenvalue weighted by atomic mass is 79.9. The van der Waals surface area contributed by atoms with Gasteiger partial charge in [0.1, 0.15) is 0 Å². The van der Waals surface area contributed by atoms with Crippen molar-refractivity contribution in [3.8, 4) is 11.4 Å². The molecule has 0 bridgehead atoms. The topological polar surface area (TPSA) is 64.9 Å². The van der Waals surface area contributed by atoms with Crippen molar-refractivity contribution in [2.45, 2.75) is 39.7 Å². The first-order valence-electron chi connectivity index (χ1n) is 6.25. The molecule has 0 aliphatic heterocycles. The van der Waals surface area contributed by atoms with Gasteiger partial charge >= 0.3 is 0 Å². The zero-order valence-corrected chi connectivity index (χ0v) is 13.2. The summed E-state index contributed by atoms with van der Waals surface area (Å²) in [7, 11) is 0. The molecule has 0 aliphatic rings. The van der Waals surface area contributed by atoms with Crippen molar-refractivity contribution in [2.75, 3.05) is 0 Å². The molecule has 1 heterocycles. The number of benzene rings is 1. The second-order valence-electron chi connectivity index (χ2n) is 5.12. The van der Waals surface area contributed by atoms with Crippen LogP contribution >= 0.6 is 15.9 Å². The van der Waals surface area contributed by atoms with E-state index in [0.717, 1.165) is 27.6 Å². The highest BCUT2D eigenvalue weighted by Crippen LogP contribution is 2.28. The summed E-state index contributed by atoms with van der Waals surface area (Å²) in [6, 6.07) is 4.07. The number of rotatable bonds is 3. The Morgan fingerprint density at radius 2 is 1.89 bits per heavy atom. The molecule has 0 aliphatic carbocycles. The Hall–Kier alpha value is -1.20. The molecule has 2 N–H and O–H groups in total. The molecule has 19 heavy (non-hydrogen) atoms. The highest BCUT2D eigenvalue weighted by molar-refractivity contribution is 9.10. The molecule has 0 fully saturated rings. The van der Waals surface area contributed by atoms with Gasteiger partial charge in [0.2, 0.25) is 11.7 Å². The molecule has 0 amide bonds.